The van der Waals surface area contributed by atoms with Crippen LogP contribution in [0.5, 0.6) is 0 Å². The number of aryl methyl sites for hydroxylation is 3. The van der Waals surface area contributed by atoms with E-state index in [9.17, 15) is 18.0 Å². The molecule has 184 valence electrons. The Morgan fingerprint density at radius 2 is 1.71 bits per heavy atom. The molecule has 35 heavy (non-hydrogen) atoms. The minimum Gasteiger partial charge on any atom is -0.340 e. The molecule has 2 aromatic carbocycles. The first kappa shape index (κ1) is 23.7. The summed E-state index contributed by atoms with van der Waals surface area (Å²) >= 11 is 0. The Balaban J connectivity index is 1.25. The second-order valence-corrected chi connectivity index (χ2v) is 11.4. The van der Waals surface area contributed by atoms with Gasteiger partial charge in [0.2, 0.25) is 15.9 Å². The lowest BCUT2D eigenvalue weighted by atomic mass is 10.1. The standard InChI is InChI=1S/C26H30N4O4S/c1-18-7-10-21(17-19(18)2)35(33,34)29-15-13-28(14-16-29)25(31)12-11-24-27-23-6-4-3-5-22(23)26(32)30(24)20-8-9-20/h3-7,10,17,20H,8-9,11-16H2,1-2H3. The number of carbonyl (C=O) groups is 1. The smallest absolute Gasteiger partial charge is 0.261 e. The predicted molar refractivity (Wildman–Crippen MR) is 134 cm³/mol. The highest BCUT2D eigenvalue weighted by Gasteiger charge is 2.31. The molecule has 3 aromatic rings. The molecule has 1 saturated heterocycles. The molecule has 1 aliphatic carbocycles. The van der Waals surface area contributed by atoms with Crippen LogP contribution in [0, 0.1) is 13.8 Å². The molecule has 0 radical (unpaired) electrons. The third-order valence-electron chi connectivity index (χ3n) is 7.06. The zero-order valence-electron chi connectivity index (χ0n) is 20.1. The second kappa shape index (κ2) is 9.20. The number of hydrogen-bond donors (Lipinski definition) is 0. The van der Waals surface area contributed by atoms with Crippen molar-refractivity contribution in [3.63, 3.8) is 0 Å². The molecule has 5 rings (SSSR count). The Labute approximate surface area is 205 Å². The van der Waals surface area contributed by atoms with E-state index in [0.717, 1.165) is 24.0 Å². The highest BCUT2D eigenvalue weighted by molar-refractivity contribution is 7.89. The fraction of sp³-hybridized carbons (Fsp3) is 0.423. The van der Waals surface area contributed by atoms with Gasteiger partial charge < -0.3 is 4.90 Å². The number of para-hydroxylation sites is 1. The summed E-state index contributed by atoms with van der Waals surface area (Å²) in [6, 6.07) is 12.7. The average Bonchev–Trinajstić information content (AvgIpc) is 3.69. The normalized spacial score (nSPS) is 17.1. The summed E-state index contributed by atoms with van der Waals surface area (Å²) in [6.07, 6.45) is 2.54. The molecule has 0 atom stereocenters. The second-order valence-electron chi connectivity index (χ2n) is 9.48. The molecule has 0 bridgehead atoms. The van der Waals surface area contributed by atoms with E-state index in [2.05, 4.69) is 0 Å². The quantitative estimate of drug-likeness (QED) is 0.525. The summed E-state index contributed by atoms with van der Waals surface area (Å²) < 4.78 is 29.4. The van der Waals surface area contributed by atoms with Crippen molar-refractivity contribution >= 4 is 26.8 Å². The van der Waals surface area contributed by atoms with Crippen LogP contribution in [0.15, 0.2) is 52.2 Å². The molecule has 0 N–H and O–H groups in total. The van der Waals surface area contributed by atoms with Gasteiger partial charge in [-0.15, -0.1) is 0 Å². The van der Waals surface area contributed by atoms with Crippen molar-refractivity contribution in [2.24, 2.45) is 0 Å². The molecule has 1 amide bonds. The van der Waals surface area contributed by atoms with E-state index < -0.39 is 10.0 Å². The summed E-state index contributed by atoms with van der Waals surface area (Å²) in [4.78, 5) is 32.7. The molecule has 8 nitrogen and oxygen atoms in total. The zero-order valence-corrected chi connectivity index (χ0v) is 20.9. The minimum absolute atomic E-state index is 0.0364. The van der Waals surface area contributed by atoms with Gasteiger partial charge in [0.05, 0.1) is 15.8 Å². The minimum atomic E-state index is -3.59. The number of carbonyl (C=O) groups excluding carboxylic acids is 1. The van der Waals surface area contributed by atoms with Crippen LogP contribution in [0.3, 0.4) is 0 Å². The molecule has 2 aliphatic rings. The zero-order chi connectivity index (χ0) is 24.7. The maximum atomic E-state index is 13.1. The largest absolute Gasteiger partial charge is 0.340 e. The monoisotopic (exact) mass is 494 g/mol. The molecule has 1 aromatic heterocycles. The molecule has 0 unspecified atom stereocenters. The highest BCUT2D eigenvalue weighted by Crippen LogP contribution is 2.35. The Morgan fingerprint density at radius 3 is 2.40 bits per heavy atom. The van der Waals surface area contributed by atoms with E-state index >= 15 is 0 Å². The van der Waals surface area contributed by atoms with Gasteiger partial charge in [-0.1, -0.05) is 18.2 Å². The molecule has 1 saturated carbocycles. The first-order valence-corrected chi connectivity index (χ1v) is 13.5. The lowest BCUT2D eigenvalue weighted by Crippen LogP contribution is -2.50. The summed E-state index contributed by atoms with van der Waals surface area (Å²) in [7, 11) is -3.59. The molecular formula is C26H30N4O4S. The van der Waals surface area contributed by atoms with Gasteiger partial charge in [0, 0.05) is 45.1 Å². The summed E-state index contributed by atoms with van der Waals surface area (Å²) in [5.41, 5.74) is 2.60. The van der Waals surface area contributed by atoms with E-state index in [1.165, 1.54) is 4.31 Å². The van der Waals surface area contributed by atoms with Crippen molar-refractivity contribution in [3.8, 4) is 0 Å². The van der Waals surface area contributed by atoms with Crippen molar-refractivity contribution in [1.29, 1.82) is 0 Å². The number of nitrogens with zero attached hydrogens (tertiary/aromatic N) is 4. The molecule has 0 spiro atoms. The molecule has 1 aliphatic heterocycles. The lowest BCUT2D eigenvalue weighted by Gasteiger charge is -2.34. The van der Waals surface area contributed by atoms with E-state index in [4.69, 9.17) is 4.98 Å². The lowest BCUT2D eigenvalue weighted by molar-refractivity contribution is -0.132. The average molecular weight is 495 g/mol. The third kappa shape index (κ3) is 4.62. The van der Waals surface area contributed by atoms with Gasteiger partial charge in [-0.2, -0.15) is 4.31 Å². The molecular weight excluding hydrogens is 464 g/mol. The summed E-state index contributed by atoms with van der Waals surface area (Å²) in [5, 5.41) is 0.607. The van der Waals surface area contributed by atoms with Crippen molar-refractivity contribution in [2.45, 2.75) is 50.5 Å². The highest BCUT2D eigenvalue weighted by atomic mass is 32.2. The Kier molecular flexibility index (Phi) is 6.23. The maximum Gasteiger partial charge on any atom is 0.261 e. The molecule has 2 heterocycles. The third-order valence-corrected chi connectivity index (χ3v) is 8.96. The molecule has 2 fully saturated rings. The SMILES string of the molecule is Cc1ccc(S(=O)(=O)N2CCN(C(=O)CCc3nc4ccccc4c(=O)n3C3CC3)CC2)cc1C. The first-order valence-electron chi connectivity index (χ1n) is 12.1. The fourth-order valence-electron chi connectivity index (χ4n) is 4.66. The Hall–Kier alpha value is -3.04. The van der Waals surface area contributed by atoms with Crippen LogP contribution in [0.2, 0.25) is 0 Å². The first-order chi connectivity index (χ1) is 16.8. The van der Waals surface area contributed by atoms with Gasteiger partial charge in [0.1, 0.15) is 5.82 Å². The van der Waals surface area contributed by atoms with Crippen molar-refractivity contribution in [2.75, 3.05) is 26.2 Å². The fourth-order valence-corrected chi connectivity index (χ4v) is 6.16. The van der Waals surface area contributed by atoms with Crippen LogP contribution >= 0.6 is 0 Å². The van der Waals surface area contributed by atoms with Crippen LogP contribution in [-0.4, -0.2) is 59.3 Å². The van der Waals surface area contributed by atoms with E-state index in [0.29, 0.717) is 41.1 Å². The van der Waals surface area contributed by atoms with E-state index in [1.54, 1.807) is 27.7 Å². The van der Waals surface area contributed by atoms with Gasteiger partial charge in [-0.3, -0.25) is 14.2 Å². The predicted octanol–water partition coefficient (Wildman–Crippen LogP) is 2.81. The van der Waals surface area contributed by atoms with E-state index in [1.807, 2.05) is 38.1 Å². The number of rotatable bonds is 6. The number of hydrogen-bond acceptors (Lipinski definition) is 5. The maximum absolute atomic E-state index is 13.1. The van der Waals surface area contributed by atoms with Crippen LogP contribution in [0.1, 0.15) is 42.3 Å². The number of amides is 1. The summed E-state index contributed by atoms with van der Waals surface area (Å²) in [6.45, 7) is 5.09. The van der Waals surface area contributed by atoms with Crippen molar-refractivity contribution < 1.29 is 13.2 Å². The van der Waals surface area contributed by atoms with Gasteiger partial charge in [0.15, 0.2) is 0 Å². The topological polar surface area (TPSA) is 92.6 Å². The van der Waals surface area contributed by atoms with Crippen LogP contribution in [-0.2, 0) is 21.2 Å². The Morgan fingerprint density at radius 1 is 1.00 bits per heavy atom. The van der Waals surface area contributed by atoms with Gasteiger partial charge in [-0.25, -0.2) is 13.4 Å². The molecule has 9 heteroatoms. The summed E-state index contributed by atoms with van der Waals surface area (Å²) in [5.74, 6) is 0.610. The number of aromatic nitrogens is 2. The van der Waals surface area contributed by atoms with Crippen LogP contribution < -0.4 is 5.56 Å². The number of fused-ring (bicyclic) bond motifs is 1. The van der Waals surface area contributed by atoms with Gasteiger partial charge in [-0.05, 0) is 62.1 Å². The van der Waals surface area contributed by atoms with Crippen LogP contribution in [0.4, 0.5) is 0 Å². The van der Waals surface area contributed by atoms with E-state index in [-0.39, 0.29) is 37.0 Å². The Bertz CT molecular complexity index is 1450. The van der Waals surface area contributed by atoms with Gasteiger partial charge in [0.25, 0.3) is 5.56 Å². The van der Waals surface area contributed by atoms with Crippen molar-refractivity contribution in [3.05, 3.63) is 69.8 Å². The number of benzene rings is 2. The number of piperazine rings is 1. The van der Waals surface area contributed by atoms with Crippen LogP contribution in [0.25, 0.3) is 10.9 Å². The van der Waals surface area contributed by atoms with Gasteiger partial charge >= 0.3 is 0 Å². The van der Waals surface area contributed by atoms with Crippen molar-refractivity contribution in [1.82, 2.24) is 18.8 Å². The number of sulfonamides is 1.